The minimum absolute atomic E-state index is 0. The van der Waals surface area contributed by atoms with E-state index in [1.54, 1.807) is 7.11 Å². The Morgan fingerprint density at radius 1 is 1.16 bits per heavy atom. The standard InChI is InChI=1S/C23H36N4O3.HI/c1-3-24-23(25-14-6-16-30-21-11-9-20(29-2)10-12-21)26-19-13-15-27(17-19)22(28)18-7-4-5-8-18;/h9-12,18-19H,3-8,13-17H2,1-2H3,(H2,24,25,26);1H. The van der Waals surface area contributed by atoms with Gasteiger partial charge in [-0.25, -0.2) is 0 Å². The van der Waals surface area contributed by atoms with Crippen LogP contribution in [0.4, 0.5) is 0 Å². The third kappa shape index (κ3) is 8.05. The maximum absolute atomic E-state index is 12.6. The molecular weight excluding hydrogens is 507 g/mol. The Hall–Kier alpha value is -1.71. The average molecular weight is 544 g/mol. The molecule has 0 radical (unpaired) electrons. The number of ether oxygens (including phenoxy) is 2. The predicted octanol–water partition coefficient (Wildman–Crippen LogP) is 3.43. The zero-order valence-electron chi connectivity index (χ0n) is 18.8. The molecule has 1 atom stereocenters. The van der Waals surface area contributed by atoms with Crippen molar-refractivity contribution in [3.05, 3.63) is 24.3 Å². The fraction of sp³-hybridized carbons (Fsp3) is 0.652. The quantitative estimate of drug-likeness (QED) is 0.216. The van der Waals surface area contributed by atoms with Crippen LogP contribution in [0.2, 0.25) is 0 Å². The molecule has 174 valence electrons. The van der Waals surface area contributed by atoms with Gasteiger partial charge in [-0.05, 0) is 50.5 Å². The molecule has 0 aromatic heterocycles. The predicted molar refractivity (Wildman–Crippen MR) is 135 cm³/mol. The minimum Gasteiger partial charge on any atom is -0.497 e. The van der Waals surface area contributed by atoms with Crippen LogP contribution in [0.1, 0.15) is 45.4 Å². The van der Waals surface area contributed by atoms with Gasteiger partial charge in [-0.15, -0.1) is 24.0 Å². The van der Waals surface area contributed by atoms with Gasteiger partial charge in [0.05, 0.1) is 13.7 Å². The van der Waals surface area contributed by atoms with Crippen molar-refractivity contribution in [2.24, 2.45) is 10.9 Å². The molecule has 3 rings (SSSR count). The van der Waals surface area contributed by atoms with Crippen molar-refractivity contribution in [1.29, 1.82) is 0 Å². The zero-order valence-corrected chi connectivity index (χ0v) is 21.1. The van der Waals surface area contributed by atoms with Crippen molar-refractivity contribution >= 4 is 35.8 Å². The fourth-order valence-corrected chi connectivity index (χ4v) is 4.14. The smallest absolute Gasteiger partial charge is 0.225 e. The maximum atomic E-state index is 12.6. The number of aliphatic imine (C=N–C) groups is 1. The molecule has 1 saturated carbocycles. The molecule has 1 unspecified atom stereocenters. The number of carbonyl (C=O) groups excluding carboxylic acids is 1. The Labute approximate surface area is 203 Å². The van der Waals surface area contributed by atoms with E-state index in [-0.39, 0.29) is 35.9 Å². The van der Waals surface area contributed by atoms with Crippen LogP contribution in [0.25, 0.3) is 0 Å². The van der Waals surface area contributed by atoms with E-state index in [0.717, 1.165) is 62.8 Å². The van der Waals surface area contributed by atoms with Gasteiger partial charge in [-0.3, -0.25) is 9.79 Å². The van der Waals surface area contributed by atoms with Gasteiger partial charge in [0.1, 0.15) is 11.5 Å². The Morgan fingerprint density at radius 2 is 1.87 bits per heavy atom. The fourth-order valence-electron chi connectivity index (χ4n) is 4.14. The molecule has 1 heterocycles. The molecule has 31 heavy (non-hydrogen) atoms. The van der Waals surface area contributed by atoms with E-state index < -0.39 is 0 Å². The first-order chi connectivity index (χ1) is 14.7. The number of rotatable bonds is 9. The number of benzene rings is 1. The normalized spacial score (nSPS) is 19.1. The Morgan fingerprint density at radius 3 is 2.55 bits per heavy atom. The molecule has 1 aliphatic carbocycles. The monoisotopic (exact) mass is 544 g/mol. The van der Waals surface area contributed by atoms with Crippen molar-refractivity contribution in [1.82, 2.24) is 15.5 Å². The topological polar surface area (TPSA) is 75.2 Å². The molecule has 2 N–H and O–H groups in total. The highest BCUT2D eigenvalue weighted by molar-refractivity contribution is 14.0. The number of guanidine groups is 1. The highest BCUT2D eigenvalue weighted by atomic mass is 127. The van der Waals surface area contributed by atoms with Crippen molar-refractivity contribution in [2.45, 2.75) is 51.5 Å². The number of carbonyl (C=O) groups is 1. The van der Waals surface area contributed by atoms with E-state index >= 15 is 0 Å². The molecule has 1 aliphatic heterocycles. The first-order valence-corrected chi connectivity index (χ1v) is 11.3. The molecule has 1 aromatic carbocycles. The lowest BCUT2D eigenvalue weighted by atomic mass is 10.1. The number of nitrogens with one attached hydrogen (secondary N) is 2. The number of hydrogen-bond acceptors (Lipinski definition) is 4. The summed E-state index contributed by atoms with van der Waals surface area (Å²) >= 11 is 0. The van der Waals surface area contributed by atoms with Crippen LogP contribution in [-0.2, 0) is 4.79 Å². The van der Waals surface area contributed by atoms with Crippen LogP contribution in [0.15, 0.2) is 29.3 Å². The lowest BCUT2D eigenvalue weighted by Gasteiger charge is -2.21. The summed E-state index contributed by atoms with van der Waals surface area (Å²) in [4.78, 5) is 19.3. The first kappa shape index (κ1) is 25.5. The van der Waals surface area contributed by atoms with Crippen molar-refractivity contribution in [2.75, 3.05) is 39.9 Å². The molecule has 8 heteroatoms. The number of nitrogens with zero attached hydrogens (tertiary/aromatic N) is 2. The van der Waals surface area contributed by atoms with Gasteiger partial charge in [-0.1, -0.05) is 12.8 Å². The minimum atomic E-state index is 0. The summed E-state index contributed by atoms with van der Waals surface area (Å²) in [6.07, 6.45) is 6.34. The van der Waals surface area contributed by atoms with E-state index in [4.69, 9.17) is 9.47 Å². The highest BCUT2D eigenvalue weighted by Gasteiger charge is 2.32. The van der Waals surface area contributed by atoms with E-state index in [1.165, 1.54) is 12.8 Å². The van der Waals surface area contributed by atoms with Crippen molar-refractivity contribution < 1.29 is 14.3 Å². The second-order valence-corrected chi connectivity index (χ2v) is 8.03. The lowest BCUT2D eigenvalue weighted by Crippen LogP contribution is -2.45. The first-order valence-electron chi connectivity index (χ1n) is 11.3. The van der Waals surface area contributed by atoms with Crippen LogP contribution in [-0.4, -0.2) is 62.7 Å². The number of hydrogen-bond donors (Lipinski definition) is 2. The van der Waals surface area contributed by atoms with Gasteiger partial charge in [-0.2, -0.15) is 0 Å². The van der Waals surface area contributed by atoms with Gasteiger partial charge in [0, 0.05) is 44.6 Å². The molecule has 1 aromatic rings. The molecule has 0 bridgehead atoms. The lowest BCUT2D eigenvalue weighted by molar-refractivity contribution is -0.134. The number of amides is 1. The van der Waals surface area contributed by atoms with E-state index in [1.807, 2.05) is 29.2 Å². The largest absolute Gasteiger partial charge is 0.497 e. The van der Waals surface area contributed by atoms with Crippen LogP contribution in [0.3, 0.4) is 0 Å². The van der Waals surface area contributed by atoms with Gasteiger partial charge in [0.25, 0.3) is 0 Å². The summed E-state index contributed by atoms with van der Waals surface area (Å²) in [6.45, 7) is 5.80. The van der Waals surface area contributed by atoms with Gasteiger partial charge in [0.15, 0.2) is 5.96 Å². The van der Waals surface area contributed by atoms with Crippen LogP contribution < -0.4 is 20.1 Å². The van der Waals surface area contributed by atoms with Gasteiger partial charge < -0.3 is 25.0 Å². The van der Waals surface area contributed by atoms with Crippen LogP contribution in [0, 0.1) is 5.92 Å². The maximum Gasteiger partial charge on any atom is 0.225 e. The molecular formula is C23H37IN4O3. The van der Waals surface area contributed by atoms with E-state index in [9.17, 15) is 4.79 Å². The van der Waals surface area contributed by atoms with Crippen molar-refractivity contribution in [3.63, 3.8) is 0 Å². The van der Waals surface area contributed by atoms with Crippen molar-refractivity contribution in [3.8, 4) is 11.5 Å². The second kappa shape index (κ2) is 13.6. The molecule has 2 aliphatic rings. The number of halogens is 1. The zero-order chi connectivity index (χ0) is 21.2. The highest BCUT2D eigenvalue weighted by Crippen LogP contribution is 2.27. The Bertz CT molecular complexity index is 693. The summed E-state index contributed by atoms with van der Waals surface area (Å²) in [5.74, 6) is 3.10. The van der Waals surface area contributed by atoms with Crippen LogP contribution >= 0.6 is 24.0 Å². The summed E-state index contributed by atoms with van der Waals surface area (Å²) < 4.78 is 10.9. The summed E-state index contributed by atoms with van der Waals surface area (Å²) in [5, 5.41) is 6.81. The van der Waals surface area contributed by atoms with E-state index in [2.05, 4.69) is 22.5 Å². The summed E-state index contributed by atoms with van der Waals surface area (Å²) in [6, 6.07) is 7.87. The molecule has 2 fully saturated rings. The van der Waals surface area contributed by atoms with E-state index in [0.29, 0.717) is 19.1 Å². The molecule has 0 spiro atoms. The number of methoxy groups -OCH3 is 1. The van der Waals surface area contributed by atoms with Gasteiger partial charge in [0.2, 0.25) is 5.91 Å². The molecule has 1 amide bonds. The Balaban J connectivity index is 0.00000341. The Kier molecular flexibility index (Phi) is 11.2. The number of likely N-dealkylation sites (tertiary alicyclic amines) is 1. The second-order valence-electron chi connectivity index (χ2n) is 8.03. The summed E-state index contributed by atoms with van der Waals surface area (Å²) in [5.41, 5.74) is 0. The SMILES string of the molecule is CCNC(=NCCCOc1ccc(OC)cc1)NC1CCN(C(=O)C2CCCC2)C1.I. The third-order valence-corrected chi connectivity index (χ3v) is 5.79. The average Bonchev–Trinajstić information content (AvgIpc) is 3.46. The third-order valence-electron chi connectivity index (χ3n) is 5.79. The molecule has 7 nitrogen and oxygen atoms in total. The summed E-state index contributed by atoms with van der Waals surface area (Å²) in [7, 11) is 1.65. The van der Waals surface area contributed by atoms with Gasteiger partial charge >= 0.3 is 0 Å². The van der Waals surface area contributed by atoms with Crippen LogP contribution in [0.5, 0.6) is 11.5 Å². The molecule has 1 saturated heterocycles.